The third kappa shape index (κ3) is 3.29. The van der Waals surface area contributed by atoms with Crippen molar-refractivity contribution in [3.63, 3.8) is 0 Å². The van der Waals surface area contributed by atoms with Crippen LogP contribution in [-0.4, -0.2) is 16.4 Å². The average molecular weight is 276 g/mol. The summed E-state index contributed by atoms with van der Waals surface area (Å²) in [6.45, 7) is 0.0832. The van der Waals surface area contributed by atoms with Gasteiger partial charge in [-0.1, -0.05) is 0 Å². The summed E-state index contributed by atoms with van der Waals surface area (Å²) in [5.41, 5.74) is 6.09. The second-order valence-electron chi connectivity index (χ2n) is 3.83. The first-order valence-corrected chi connectivity index (χ1v) is 6.32. The molecule has 0 unspecified atom stereocenters. The van der Waals surface area contributed by atoms with E-state index in [4.69, 9.17) is 11.1 Å². The molecule has 98 valence electrons. The summed E-state index contributed by atoms with van der Waals surface area (Å²) in [5, 5.41) is 12.0. The second kappa shape index (κ2) is 5.49. The predicted octanol–water partition coefficient (Wildman–Crippen LogP) is 0.767. The monoisotopic (exact) mass is 276 g/mol. The Balaban J connectivity index is 2.01. The van der Waals surface area contributed by atoms with Crippen molar-refractivity contribution in [3.05, 3.63) is 46.2 Å². The van der Waals surface area contributed by atoms with E-state index in [1.54, 1.807) is 35.8 Å². The van der Waals surface area contributed by atoms with Crippen molar-refractivity contribution in [2.45, 2.75) is 6.54 Å². The van der Waals surface area contributed by atoms with Gasteiger partial charge in [-0.3, -0.25) is 15.0 Å². The molecular formula is C12H12N4O2S. The van der Waals surface area contributed by atoms with Crippen molar-refractivity contribution in [2.24, 2.45) is 5.73 Å². The molecule has 0 saturated heterocycles. The molecule has 7 heteroatoms. The molecule has 0 aliphatic heterocycles. The van der Waals surface area contributed by atoms with E-state index in [1.807, 2.05) is 0 Å². The molecule has 0 saturated carbocycles. The maximum atomic E-state index is 11.7. The maximum Gasteiger partial charge on any atom is 0.248 e. The summed E-state index contributed by atoms with van der Waals surface area (Å²) in [6.07, 6.45) is 1.68. The predicted molar refractivity (Wildman–Crippen MR) is 71.8 cm³/mol. The van der Waals surface area contributed by atoms with E-state index < -0.39 is 5.91 Å². The van der Waals surface area contributed by atoms with Crippen LogP contribution in [-0.2, 0) is 11.3 Å². The average Bonchev–Trinajstić information content (AvgIpc) is 2.75. The fraction of sp³-hybridized carbons (Fsp3) is 0.0833. The number of carbonyl (C=O) groups is 2. The quantitative estimate of drug-likeness (QED) is 0.768. The minimum absolute atomic E-state index is 0.0832. The molecule has 0 fully saturated rings. The largest absolute Gasteiger partial charge is 0.366 e. The van der Waals surface area contributed by atoms with Crippen molar-refractivity contribution in [1.82, 2.24) is 4.57 Å². The van der Waals surface area contributed by atoms with E-state index in [-0.39, 0.29) is 12.5 Å². The van der Waals surface area contributed by atoms with Crippen LogP contribution in [0.5, 0.6) is 0 Å². The first kappa shape index (κ1) is 13.0. The van der Waals surface area contributed by atoms with Gasteiger partial charge in [-0.2, -0.15) is 0 Å². The van der Waals surface area contributed by atoms with Gasteiger partial charge in [-0.15, -0.1) is 11.3 Å². The lowest BCUT2D eigenvalue weighted by Crippen LogP contribution is -2.23. The van der Waals surface area contributed by atoms with Gasteiger partial charge in [0.1, 0.15) is 6.54 Å². The van der Waals surface area contributed by atoms with Crippen molar-refractivity contribution in [1.29, 1.82) is 5.41 Å². The van der Waals surface area contributed by atoms with Gasteiger partial charge < -0.3 is 15.6 Å². The van der Waals surface area contributed by atoms with Gasteiger partial charge in [0, 0.05) is 22.8 Å². The third-order valence-electron chi connectivity index (χ3n) is 2.45. The Morgan fingerprint density at radius 2 is 2.00 bits per heavy atom. The molecule has 0 radical (unpaired) electrons. The zero-order valence-electron chi connectivity index (χ0n) is 9.92. The third-order valence-corrected chi connectivity index (χ3v) is 3.16. The SMILES string of the molecule is N=c1sccn1CC(=O)Nc1ccc(C(N)=O)cc1. The van der Waals surface area contributed by atoms with Gasteiger partial charge in [-0.05, 0) is 24.3 Å². The van der Waals surface area contributed by atoms with Gasteiger partial charge in [0.15, 0.2) is 4.80 Å². The maximum absolute atomic E-state index is 11.7. The van der Waals surface area contributed by atoms with Crippen LogP contribution < -0.4 is 15.9 Å². The standard InChI is InChI=1S/C12H12N4O2S/c13-11(18)8-1-3-9(4-2-8)15-10(17)7-16-5-6-19-12(16)14/h1-6,14H,7H2,(H2,13,18)(H,15,17). The highest BCUT2D eigenvalue weighted by atomic mass is 32.1. The van der Waals surface area contributed by atoms with Crippen LogP contribution >= 0.6 is 11.3 Å². The summed E-state index contributed by atoms with van der Waals surface area (Å²) in [6, 6.07) is 6.31. The van der Waals surface area contributed by atoms with Crippen molar-refractivity contribution >= 4 is 28.8 Å². The Bertz CT molecular complexity index is 657. The zero-order valence-corrected chi connectivity index (χ0v) is 10.7. The molecule has 1 aromatic carbocycles. The molecule has 2 amide bonds. The number of benzene rings is 1. The summed E-state index contributed by atoms with van der Waals surface area (Å²) in [4.78, 5) is 23.0. The first-order chi connectivity index (χ1) is 9.06. The Kier molecular flexibility index (Phi) is 3.76. The Hall–Kier alpha value is -2.41. The van der Waals surface area contributed by atoms with Gasteiger partial charge in [0.25, 0.3) is 0 Å². The lowest BCUT2D eigenvalue weighted by atomic mass is 10.2. The topological polar surface area (TPSA) is 101 Å². The summed E-state index contributed by atoms with van der Waals surface area (Å²) >= 11 is 1.26. The number of nitrogens with one attached hydrogen (secondary N) is 2. The highest BCUT2D eigenvalue weighted by Gasteiger charge is 2.05. The highest BCUT2D eigenvalue weighted by Crippen LogP contribution is 2.09. The number of amides is 2. The number of nitrogens with two attached hydrogens (primary N) is 1. The lowest BCUT2D eigenvalue weighted by Gasteiger charge is -2.06. The molecule has 2 rings (SSSR count). The number of thiazole rings is 1. The second-order valence-corrected chi connectivity index (χ2v) is 4.72. The molecule has 2 aromatic rings. The number of hydrogen-bond donors (Lipinski definition) is 3. The normalized spacial score (nSPS) is 10.1. The van der Waals surface area contributed by atoms with E-state index in [9.17, 15) is 9.59 Å². The van der Waals surface area contributed by atoms with Crippen LogP contribution in [0.3, 0.4) is 0 Å². The van der Waals surface area contributed by atoms with Crippen LogP contribution in [0.2, 0.25) is 0 Å². The fourth-order valence-corrected chi connectivity index (χ4v) is 2.10. The number of hydrogen-bond acceptors (Lipinski definition) is 4. The van der Waals surface area contributed by atoms with Crippen LogP contribution in [0.4, 0.5) is 5.69 Å². The molecular weight excluding hydrogens is 264 g/mol. The Morgan fingerprint density at radius 3 is 2.53 bits per heavy atom. The molecule has 0 aliphatic rings. The van der Waals surface area contributed by atoms with Gasteiger partial charge in [-0.25, -0.2) is 0 Å². The van der Waals surface area contributed by atoms with Crippen LogP contribution in [0, 0.1) is 5.41 Å². The highest BCUT2D eigenvalue weighted by molar-refractivity contribution is 7.06. The summed E-state index contributed by atoms with van der Waals surface area (Å²) in [5.74, 6) is -0.741. The summed E-state index contributed by atoms with van der Waals surface area (Å²) < 4.78 is 1.54. The van der Waals surface area contributed by atoms with Crippen LogP contribution in [0.1, 0.15) is 10.4 Å². The number of carbonyl (C=O) groups excluding carboxylic acids is 2. The molecule has 4 N–H and O–H groups in total. The molecule has 0 atom stereocenters. The molecule has 1 heterocycles. The van der Waals surface area contributed by atoms with E-state index in [0.717, 1.165) is 0 Å². The molecule has 0 bridgehead atoms. The lowest BCUT2D eigenvalue weighted by molar-refractivity contribution is -0.116. The fourth-order valence-electron chi connectivity index (χ4n) is 1.50. The van der Waals surface area contributed by atoms with Crippen LogP contribution in [0.15, 0.2) is 35.8 Å². The van der Waals surface area contributed by atoms with Gasteiger partial charge in [0.2, 0.25) is 11.8 Å². The number of anilines is 1. The molecule has 0 spiro atoms. The number of rotatable bonds is 4. The van der Waals surface area contributed by atoms with Gasteiger partial charge >= 0.3 is 0 Å². The van der Waals surface area contributed by atoms with Crippen molar-refractivity contribution < 1.29 is 9.59 Å². The first-order valence-electron chi connectivity index (χ1n) is 5.44. The van der Waals surface area contributed by atoms with E-state index in [2.05, 4.69) is 5.32 Å². The van der Waals surface area contributed by atoms with Crippen molar-refractivity contribution in [2.75, 3.05) is 5.32 Å². The molecule has 0 aliphatic carbocycles. The zero-order chi connectivity index (χ0) is 13.8. The molecule has 19 heavy (non-hydrogen) atoms. The minimum atomic E-state index is -0.509. The summed E-state index contributed by atoms with van der Waals surface area (Å²) in [7, 11) is 0. The smallest absolute Gasteiger partial charge is 0.248 e. The van der Waals surface area contributed by atoms with E-state index in [0.29, 0.717) is 16.1 Å². The van der Waals surface area contributed by atoms with Crippen LogP contribution in [0.25, 0.3) is 0 Å². The van der Waals surface area contributed by atoms with E-state index >= 15 is 0 Å². The van der Waals surface area contributed by atoms with Gasteiger partial charge in [0.05, 0.1) is 0 Å². The molecule has 6 nitrogen and oxygen atoms in total. The van der Waals surface area contributed by atoms with E-state index in [1.165, 1.54) is 15.9 Å². The Morgan fingerprint density at radius 1 is 1.32 bits per heavy atom. The molecule has 1 aromatic heterocycles. The number of nitrogens with zero attached hydrogens (tertiary/aromatic N) is 1. The number of aromatic nitrogens is 1. The Labute approximate surface area is 113 Å². The van der Waals surface area contributed by atoms with Crippen molar-refractivity contribution in [3.8, 4) is 0 Å². The minimum Gasteiger partial charge on any atom is -0.366 e. The number of primary amides is 1.